The summed E-state index contributed by atoms with van der Waals surface area (Å²) in [4.78, 5) is 10.0. The van der Waals surface area contributed by atoms with Gasteiger partial charge in [0.1, 0.15) is 11.5 Å². The maximum absolute atomic E-state index is 12.8. The number of nitrogens with one attached hydrogen (secondary N) is 1. The van der Waals surface area contributed by atoms with E-state index in [0.717, 1.165) is 24.3 Å². The normalized spacial score (nSPS) is 11.1. The molecular formula is C12H8BrFN2O4S. The van der Waals surface area contributed by atoms with Crippen LogP contribution in [-0.4, -0.2) is 13.3 Å². The summed E-state index contributed by atoms with van der Waals surface area (Å²) < 4.78 is 39.6. The minimum Gasteiger partial charge on any atom is -0.273 e. The van der Waals surface area contributed by atoms with Gasteiger partial charge >= 0.3 is 0 Å². The van der Waals surface area contributed by atoms with E-state index in [4.69, 9.17) is 0 Å². The van der Waals surface area contributed by atoms with Gasteiger partial charge in [-0.3, -0.25) is 14.8 Å². The Balaban J connectivity index is 2.41. The number of benzene rings is 2. The second kappa shape index (κ2) is 5.78. The predicted molar refractivity (Wildman–Crippen MR) is 78.0 cm³/mol. The van der Waals surface area contributed by atoms with Crippen LogP contribution in [0.5, 0.6) is 0 Å². The third kappa shape index (κ3) is 3.56. The standard InChI is InChI=1S/C12H8BrFN2O4S/c13-8-1-6-11(12(7-8)16(17)18)15-21(19,20)10-4-2-9(14)3-5-10/h1-7,15H. The van der Waals surface area contributed by atoms with Gasteiger partial charge in [0.15, 0.2) is 0 Å². The molecule has 6 nitrogen and oxygen atoms in total. The maximum atomic E-state index is 12.8. The first-order valence-electron chi connectivity index (χ1n) is 5.52. The Hall–Kier alpha value is -2.00. The lowest BCUT2D eigenvalue weighted by Crippen LogP contribution is -2.14. The van der Waals surface area contributed by atoms with E-state index in [-0.39, 0.29) is 10.6 Å². The third-order valence-electron chi connectivity index (χ3n) is 2.52. The predicted octanol–water partition coefficient (Wildman–Crippen LogP) is 3.30. The Bertz CT molecular complexity index is 793. The zero-order valence-corrected chi connectivity index (χ0v) is 12.7. The molecule has 0 saturated carbocycles. The van der Waals surface area contributed by atoms with Gasteiger partial charge in [-0.25, -0.2) is 12.8 Å². The number of hydrogen-bond acceptors (Lipinski definition) is 4. The van der Waals surface area contributed by atoms with Crippen LogP contribution in [0.4, 0.5) is 15.8 Å². The fraction of sp³-hybridized carbons (Fsp3) is 0. The molecule has 21 heavy (non-hydrogen) atoms. The SMILES string of the molecule is O=[N+]([O-])c1cc(Br)ccc1NS(=O)(=O)c1ccc(F)cc1. The monoisotopic (exact) mass is 374 g/mol. The van der Waals surface area contributed by atoms with E-state index in [1.54, 1.807) is 0 Å². The number of halogens is 2. The average Bonchev–Trinajstić information content (AvgIpc) is 2.41. The van der Waals surface area contributed by atoms with Crippen molar-refractivity contribution < 1.29 is 17.7 Å². The van der Waals surface area contributed by atoms with Gasteiger partial charge in [0, 0.05) is 10.5 Å². The average molecular weight is 375 g/mol. The molecule has 110 valence electrons. The summed E-state index contributed by atoms with van der Waals surface area (Å²) in [6, 6.07) is 8.04. The van der Waals surface area contributed by atoms with Crippen LogP contribution in [0, 0.1) is 15.9 Å². The smallest absolute Gasteiger partial charge is 0.273 e. The Morgan fingerprint density at radius 3 is 2.33 bits per heavy atom. The highest BCUT2D eigenvalue weighted by atomic mass is 79.9. The number of sulfonamides is 1. The minimum absolute atomic E-state index is 0.174. The van der Waals surface area contributed by atoms with E-state index in [1.165, 1.54) is 18.2 Å². The van der Waals surface area contributed by atoms with Crippen molar-refractivity contribution in [1.82, 2.24) is 0 Å². The van der Waals surface area contributed by atoms with Gasteiger partial charge in [0.05, 0.1) is 9.82 Å². The minimum atomic E-state index is -4.04. The van der Waals surface area contributed by atoms with Gasteiger partial charge < -0.3 is 0 Å². The molecule has 0 bridgehead atoms. The molecule has 2 rings (SSSR count). The van der Waals surface area contributed by atoms with Crippen molar-refractivity contribution in [3.63, 3.8) is 0 Å². The fourth-order valence-electron chi connectivity index (χ4n) is 1.56. The van der Waals surface area contributed by atoms with Crippen molar-refractivity contribution in [1.29, 1.82) is 0 Å². The first-order chi connectivity index (χ1) is 9.79. The van der Waals surface area contributed by atoms with Crippen LogP contribution in [0.2, 0.25) is 0 Å². The molecule has 0 heterocycles. The number of nitro benzene ring substituents is 1. The van der Waals surface area contributed by atoms with Gasteiger partial charge in [0.2, 0.25) is 0 Å². The van der Waals surface area contributed by atoms with Crippen molar-refractivity contribution in [2.45, 2.75) is 4.90 Å². The summed E-state index contributed by atoms with van der Waals surface area (Å²) in [5.41, 5.74) is -0.567. The number of anilines is 1. The van der Waals surface area contributed by atoms with E-state index in [2.05, 4.69) is 20.7 Å². The largest absolute Gasteiger partial charge is 0.294 e. The van der Waals surface area contributed by atoms with Crippen LogP contribution in [0.15, 0.2) is 51.8 Å². The second-order valence-corrected chi connectivity index (χ2v) is 6.58. The molecule has 9 heteroatoms. The first kappa shape index (κ1) is 15.4. The molecule has 0 aliphatic rings. The zero-order valence-electron chi connectivity index (χ0n) is 10.3. The van der Waals surface area contributed by atoms with Crippen LogP contribution in [-0.2, 0) is 10.0 Å². The molecule has 1 N–H and O–H groups in total. The summed E-state index contributed by atoms with van der Waals surface area (Å²) in [6.07, 6.45) is 0. The topological polar surface area (TPSA) is 89.3 Å². The summed E-state index contributed by atoms with van der Waals surface area (Å²) >= 11 is 3.07. The molecule has 0 amide bonds. The highest BCUT2D eigenvalue weighted by Crippen LogP contribution is 2.29. The van der Waals surface area contributed by atoms with Crippen LogP contribution < -0.4 is 4.72 Å². The number of nitro groups is 1. The van der Waals surface area contributed by atoms with Crippen LogP contribution in [0.3, 0.4) is 0 Å². The number of rotatable bonds is 4. The molecule has 0 aliphatic heterocycles. The van der Waals surface area contributed by atoms with Crippen molar-refractivity contribution in [2.24, 2.45) is 0 Å². The Labute approximate surface area is 127 Å². The lowest BCUT2D eigenvalue weighted by Gasteiger charge is -2.08. The summed E-state index contributed by atoms with van der Waals surface area (Å²) in [6.45, 7) is 0. The number of nitrogens with zero attached hydrogens (tertiary/aromatic N) is 1. The second-order valence-electron chi connectivity index (χ2n) is 3.98. The van der Waals surface area contributed by atoms with Crippen LogP contribution in [0.25, 0.3) is 0 Å². The van der Waals surface area contributed by atoms with Gasteiger partial charge in [-0.15, -0.1) is 0 Å². The first-order valence-corrected chi connectivity index (χ1v) is 7.79. The molecule has 0 radical (unpaired) electrons. The van der Waals surface area contributed by atoms with Gasteiger partial charge in [-0.2, -0.15) is 0 Å². The maximum Gasteiger partial charge on any atom is 0.294 e. The van der Waals surface area contributed by atoms with E-state index in [9.17, 15) is 22.9 Å². The summed E-state index contributed by atoms with van der Waals surface area (Å²) in [7, 11) is -4.04. The summed E-state index contributed by atoms with van der Waals surface area (Å²) in [5.74, 6) is -0.580. The molecule has 2 aromatic carbocycles. The molecule has 0 atom stereocenters. The van der Waals surface area contributed by atoms with Crippen molar-refractivity contribution >= 4 is 37.3 Å². The molecule has 0 aliphatic carbocycles. The highest BCUT2D eigenvalue weighted by Gasteiger charge is 2.21. The number of hydrogen-bond donors (Lipinski definition) is 1. The highest BCUT2D eigenvalue weighted by molar-refractivity contribution is 9.10. The van der Waals surface area contributed by atoms with E-state index in [0.29, 0.717) is 4.47 Å². The van der Waals surface area contributed by atoms with E-state index in [1.807, 2.05) is 0 Å². The fourth-order valence-corrected chi connectivity index (χ4v) is 2.98. The lowest BCUT2D eigenvalue weighted by molar-refractivity contribution is -0.384. The molecular weight excluding hydrogens is 367 g/mol. The van der Waals surface area contributed by atoms with Crippen molar-refractivity contribution in [3.05, 3.63) is 62.9 Å². The van der Waals surface area contributed by atoms with Crippen molar-refractivity contribution in [2.75, 3.05) is 4.72 Å². The van der Waals surface area contributed by atoms with E-state index < -0.39 is 26.5 Å². The van der Waals surface area contributed by atoms with Gasteiger partial charge in [-0.1, -0.05) is 15.9 Å². The molecule has 0 unspecified atom stereocenters. The molecule has 0 aromatic heterocycles. The molecule has 2 aromatic rings. The van der Waals surface area contributed by atoms with E-state index >= 15 is 0 Å². The Kier molecular flexibility index (Phi) is 4.24. The van der Waals surface area contributed by atoms with Gasteiger partial charge in [0.25, 0.3) is 15.7 Å². The molecule has 0 fully saturated rings. The third-order valence-corrected chi connectivity index (χ3v) is 4.40. The quantitative estimate of drug-likeness (QED) is 0.656. The molecule has 0 saturated heterocycles. The lowest BCUT2D eigenvalue weighted by atomic mass is 10.3. The molecule has 0 spiro atoms. The Morgan fingerprint density at radius 2 is 1.76 bits per heavy atom. The Morgan fingerprint density at radius 1 is 1.14 bits per heavy atom. The summed E-state index contributed by atoms with van der Waals surface area (Å²) in [5, 5.41) is 10.9. The zero-order chi connectivity index (χ0) is 15.6. The van der Waals surface area contributed by atoms with Gasteiger partial charge in [-0.05, 0) is 36.4 Å². The van der Waals surface area contributed by atoms with Crippen molar-refractivity contribution in [3.8, 4) is 0 Å². The van der Waals surface area contributed by atoms with Crippen LogP contribution >= 0.6 is 15.9 Å². The van der Waals surface area contributed by atoms with Crippen LogP contribution in [0.1, 0.15) is 0 Å².